The lowest BCUT2D eigenvalue weighted by Crippen LogP contribution is -2.34. The fourth-order valence-electron chi connectivity index (χ4n) is 2.61. The third-order valence-corrected chi connectivity index (χ3v) is 5.21. The highest BCUT2D eigenvalue weighted by molar-refractivity contribution is 7.95. The Labute approximate surface area is 133 Å². The number of anilines is 1. The van der Waals surface area contributed by atoms with Gasteiger partial charge in [-0.05, 0) is 36.1 Å². The molecule has 3 rings (SSSR count). The molecule has 0 saturated heterocycles. The largest absolute Gasteiger partial charge is 0.266 e. The Morgan fingerprint density at radius 1 is 1.04 bits per heavy atom. The first-order chi connectivity index (χ1) is 11.0. The second-order valence-corrected chi connectivity index (χ2v) is 7.07. The van der Waals surface area contributed by atoms with E-state index in [-0.39, 0.29) is 12.2 Å². The van der Waals surface area contributed by atoms with Crippen molar-refractivity contribution in [2.45, 2.75) is 12.8 Å². The fraction of sp³-hybridized carbons (Fsp3) is 0.176. The first-order valence-corrected chi connectivity index (χ1v) is 8.71. The molecule has 0 amide bonds. The molecule has 23 heavy (non-hydrogen) atoms. The smallest absolute Gasteiger partial charge is 0.257 e. The zero-order valence-corrected chi connectivity index (χ0v) is 13.1. The zero-order chi connectivity index (χ0) is 16.4. The molecule has 0 unspecified atom stereocenters. The normalized spacial score (nSPS) is 15.0. The minimum Gasteiger partial charge on any atom is -0.266 e. The maximum Gasteiger partial charge on any atom is 0.257 e. The van der Waals surface area contributed by atoms with Gasteiger partial charge in [-0.15, -0.1) is 0 Å². The molecular formula is C17H15F2NO2S. The maximum atomic E-state index is 13.5. The number of hydrogen-bond donors (Lipinski definition) is 0. The average Bonchev–Trinajstić information content (AvgIpc) is 2.54. The molecule has 0 spiro atoms. The Morgan fingerprint density at radius 3 is 2.48 bits per heavy atom. The molecule has 120 valence electrons. The summed E-state index contributed by atoms with van der Waals surface area (Å²) in [6.07, 6.45) is 2.58. The standard InChI is InChI=1S/C17H15F2NO2S/c18-15-11-14-7-4-9-20(17(14)12-16(15)19)23(21,22)10-8-13-5-2-1-3-6-13/h1-3,5-6,8,10-12H,4,7,9H2/b10-8+. The van der Waals surface area contributed by atoms with Crippen molar-refractivity contribution in [1.82, 2.24) is 0 Å². The van der Waals surface area contributed by atoms with Gasteiger partial charge in [0, 0.05) is 12.6 Å². The summed E-state index contributed by atoms with van der Waals surface area (Å²) in [4.78, 5) is 0. The number of rotatable bonds is 3. The molecule has 0 saturated carbocycles. The van der Waals surface area contributed by atoms with Crippen molar-refractivity contribution in [1.29, 1.82) is 0 Å². The Balaban J connectivity index is 1.96. The van der Waals surface area contributed by atoms with E-state index in [1.165, 1.54) is 6.08 Å². The lowest BCUT2D eigenvalue weighted by Gasteiger charge is -2.29. The first kappa shape index (κ1) is 15.7. The lowest BCUT2D eigenvalue weighted by atomic mass is 10.0. The molecule has 2 aromatic carbocycles. The minimum absolute atomic E-state index is 0.216. The van der Waals surface area contributed by atoms with Gasteiger partial charge in [0.25, 0.3) is 10.0 Å². The Bertz CT molecular complexity index is 848. The van der Waals surface area contributed by atoms with Crippen LogP contribution in [0.1, 0.15) is 17.5 Å². The quantitative estimate of drug-likeness (QED) is 0.857. The third kappa shape index (κ3) is 3.27. The van der Waals surface area contributed by atoms with E-state index in [2.05, 4.69) is 0 Å². The molecule has 0 aromatic heterocycles. The van der Waals surface area contributed by atoms with Gasteiger partial charge in [-0.25, -0.2) is 17.2 Å². The van der Waals surface area contributed by atoms with E-state index in [0.29, 0.717) is 18.4 Å². The van der Waals surface area contributed by atoms with E-state index >= 15 is 0 Å². The van der Waals surface area contributed by atoms with E-state index in [4.69, 9.17) is 0 Å². The first-order valence-electron chi connectivity index (χ1n) is 7.21. The van der Waals surface area contributed by atoms with Crippen molar-refractivity contribution in [2.24, 2.45) is 0 Å². The molecule has 0 radical (unpaired) electrons. The van der Waals surface area contributed by atoms with Crippen molar-refractivity contribution in [3.63, 3.8) is 0 Å². The number of halogens is 2. The molecule has 1 aliphatic heterocycles. The van der Waals surface area contributed by atoms with Crippen LogP contribution >= 0.6 is 0 Å². The third-order valence-electron chi connectivity index (χ3n) is 3.74. The Kier molecular flexibility index (Phi) is 4.17. The van der Waals surface area contributed by atoms with Crippen LogP contribution in [0.15, 0.2) is 47.9 Å². The second-order valence-electron chi connectivity index (χ2n) is 5.33. The van der Waals surface area contributed by atoms with Gasteiger partial charge in [0.15, 0.2) is 11.6 Å². The van der Waals surface area contributed by atoms with Crippen LogP contribution in [-0.2, 0) is 16.4 Å². The molecule has 0 N–H and O–H groups in total. The van der Waals surface area contributed by atoms with Crippen molar-refractivity contribution >= 4 is 21.8 Å². The predicted octanol–water partition coefficient (Wildman–Crippen LogP) is 3.72. The zero-order valence-electron chi connectivity index (χ0n) is 12.2. The van der Waals surface area contributed by atoms with E-state index in [9.17, 15) is 17.2 Å². The van der Waals surface area contributed by atoms with Crippen LogP contribution in [0.4, 0.5) is 14.5 Å². The highest BCUT2D eigenvalue weighted by Gasteiger charge is 2.27. The van der Waals surface area contributed by atoms with E-state index in [0.717, 1.165) is 27.4 Å². The Morgan fingerprint density at radius 2 is 1.74 bits per heavy atom. The van der Waals surface area contributed by atoms with Gasteiger partial charge >= 0.3 is 0 Å². The summed E-state index contributed by atoms with van der Waals surface area (Å²) in [5.74, 6) is -2.00. The highest BCUT2D eigenvalue weighted by atomic mass is 32.2. The SMILES string of the molecule is O=S(=O)(/C=C/c1ccccc1)N1CCCc2cc(F)c(F)cc21. The van der Waals surface area contributed by atoms with E-state index in [1.54, 1.807) is 24.3 Å². The van der Waals surface area contributed by atoms with E-state index < -0.39 is 21.7 Å². The van der Waals surface area contributed by atoms with Crippen LogP contribution in [0.25, 0.3) is 6.08 Å². The molecule has 1 aliphatic rings. The van der Waals surface area contributed by atoms with Crippen molar-refractivity contribution in [3.8, 4) is 0 Å². The minimum atomic E-state index is -3.76. The summed E-state index contributed by atoms with van der Waals surface area (Å²) in [7, 11) is -3.76. The van der Waals surface area contributed by atoms with Crippen molar-refractivity contribution in [2.75, 3.05) is 10.8 Å². The predicted molar refractivity (Wildman–Crippen MR) is 86.4 cm³/mol. The fourth-order valence-corrected chi connectivity index (χ4v) is 3.91. The van der Waals surface area contributed by atoms with Gasteiger partial charge in [0.2, 0.25) is 0 Å². The maximum absolute atomic E-state index is 13.5. The van der Waals surface area contributed by atoms with Crippen LogP contribution in [0.5, 0.6) is 0 Å². The van der Waals surface area contributed by atoms with Gasteiger partial charge in [0.1, 0.15) is 0 Å². The van der Waals surface area contributed by atoms with Gasteiger partial charge in [0.05, 0.1) is 11.1 Å². The van der Waals surface area contributed by atoms with Crippen LogP contribution in [0.2, 0.25) is 0 Å². The number of nitrogens with zero attached hydrogens (tertiary/aromatic N) is 1. The van der Waals surface area contributed by atoms with Crippen LogP contribution < -0.4 is 4.31 Å². The summed E-state index contributed by atoms with van der Waals surface area (Å²) < 4.78 is 53.1. The van der Waals surface area contributed by atoms with E-state index in [1.807, 2.05) is 6.07 Å². The summed E-state index contributed by atoms with van der Waals surface area (Å²) in [6, 6.07) is 11.0. The summed E-state index contributed by atoms with van der Waals surface area (Å²) in [6.45, 7) is 0.250. The van der Waals surface area contributed by atoms with Gasteiger partial charge in [-0.3, -0.25) is 4.31 Å². The molecule has 3 nitrogen and oxygen atoms in total. The molecule has 0 aliphatic carbocycles. The number of fused-ring (bicyclic) bond motifs is 1. The van der Waals surface area contributed by atoms with Crippen LogP contribution in [0, 0.1) is 11.6 Å². The van der Waals surface area contributed by atoms with Gasteiger partial charge < -0.3 is 0 Å². The van der Waals surface area contributed by atoms with Gasteiger partial charge in [-0.2, -0.15) is 0 Å². The molecule has 2 aromatic rings. The second kappa shape index (κ2) is 6.12. The topological polar surface area (TPSA) is 37.4 Å². The summed E-state index contributed by atoms with van der Waals surface area (Å²) >= 11 is 0. The van der Waals surface area contributed by atoms with Crippen LogP contribution in [0.3, 0.4) is 0 Å². The monoisotopic (exact) mass is 335 g/mol. The van der Waals surface area contributed by atoms with Crippen molar-refractivity contribution in [3.05, 3.63) is 70.6 Å². The molecule has 6 heteroatoms. The van der Waals surface area contributed by atoms with Crippen LogP contribution in [-0.4, -0.2) is 15.0 Å². The van der Waals surface area contributed by atoms with Crippen molar-refractivity contribution < 1.29 is 17.2 Å². The number of sulfonamides is 1. The molecule has 0 fully saturated rings. The number of benzene rings is 2. The van der Waals surface area contributed by atoms with Gasteiger partial charge in [-0.1, -0.05) is 30.3 Å². The molecule has 1 heterocycles. The Hall–Kier alpha value is -2.21. The molecule has 0 atom stereocenters. The lowest BCUT2D eigenvalue weighted by molar-refractivity contribution is 0.505. The highest BCUT2D eigenvalue weighted by Crippen LogP contribution is 2.31. The molecular weight excluding hydrogens is 320 g/mol. The number of hydrogen-bond acceptors (Lipinski definition) is 2. The summed E-state index contributed by atoms with van der Waals surface area (Å²) in [5, 5.41) is 1.10. The number of aryl methyl sites for hydroxylation is 1. The molecule has 0 bridgehead atoms. The average molecular weight is 335 g/mol. The summed E-state index contributed by atoms with van der Waals surface area (Å²) in [5.41, 5.74) is 1.47.